The van der Waals surface area contributed by atoms with Gasteiger partial charge in [-0.2, -0.15) is 0 Å². The van der Waals surface area contributed by atoms with Crippen LogP contribution in [-0.2, 0) is 14.3 Å². The summed E-state index contributed by atoms with van der Waals surface area (Å²) in [6, 6.07) is 0. The maximum absolute atomic E-state index is 11.9. The molecule has 104 valence electrons. The van der Waals surface area contributed by atoms with Crippen LogP contribution in [0.5, 0.6) is 0 Å². The van der Waals surface area contributed by atoms with Gasteiger partial charge in [0.05, 0.1) is 6.61 Å². The van der Waals surface area contributed by atoms with Gasteiger partial charge in [-0.25, -0.2) is 4.79 Å². The lowest BCUT2D eigenvalue weighted by Gasteiger charge is -2.12. The normalized spacial score (nSPS) is 12.3. The van der Waals surface area contributed by atoms with Gasteiger partial charge in [0.1, 0.15) is 5.57 Å². The molecule has 0 fully saturated rings. The monoisotopic (exact) mass is 254 g/mol. The van der Waals surface area contributed by atoms with Gasteiger partial charge in [0.25, 0.3) is 0 Å². The fraction of sp³-hybridized carbons (Fsp3) is 0.733. The van der Waals surface area contributed by atoms with Gasteiger partial charge in [0.2, 0.25) is 0 Å². The number of ether oxygens (including phenoxy) is 1. The van der Waals surface area contributed by atoms with Crippen molar-refractivity contribution in [1.82, 2.24) is 0 Å². The zero-order valence-corrected chi connectivity index (χ0v) is 12.3. The molecule has 0 N–H and O–H groups in total. The largest absolute Gasteiger partial charge is 0.462 e. The predicted octanol–water partition coefficient (Wildman–Crippen LogP) is 3.67. The van der Waals surface area contributed by atoms with Crippen molar-refractivity contribution in [1.29, 1.82) is 0 Å². The van der Waals surface area contributed by atoms with Crippen LogP contribution in [0.25, 0.3) is 0 Å². The first-order valence-electron chi connectivity index (χ1n) is 6.84. The van der Waals surface area contributed by atoms with Gasteiger partial charge >= 0.3 is 5.97 Å². The van der Waals surface area contributed by atoms with Crippen molar-refractivity contribution in [2.24, 2.45) is 5.92 Å². The fourth-order valence-electron chi connectivity index (χ4n) is 1.80. The summed E-state index contributed by atoms with van der Waals surface area (Å²) in [5, 5.41) is 0. The molecule has 0 atom stereocenters. The van der Waals surface area contributed by atoms with E-state index in [-0.39, 0.29) is 11.4 Å². The Morgan fingerprint density at radius 3 is 2.22 bits per heavy atom. The molecule has 0 bridgehead atoms. The van der Waals surface area contributed by atoms with Crippen molar-refractivity contribution in [3.63, 3.8) is 0 Å². The fourth-order valence-corrected chi connectivity index (χ4v) is 1.80. The zero-order valence-electron chi connectivity index (χ0n) is 12.3. The Kier molecular flexibility index (Phi) is 8.34. The van der Waals surface area contributed by atoms with Gasteiger partial charge < -0.3 is 4.74 Å². The first kappa shape index (κ1) is 16.9. The average molecular weight is 254 g/mol. The maximum Gasteiger partial charge on any atom is 0.341 e. The Morgan fingerprint density at radius 1 is 1.17 bits per heavy atom. The van der Waals surface area contributed by atoms with E-state index in [2.05, 4.69) is 13.8 Å². The van der Waals surface area contributed by atoms with Gasteiger partial charge in [-0.1, -0.05) is 39.7 Å². The molecule has 0 aromatic carbocycles. The summed E-state index contributed by atoms with van der Waals surface area (Å²) in [5.41, 5.74) is 1.11. The summed E-state index contributed by atoms with van der Waals surface area (Å²) < 4.78 is 5.15. The summed E-state index contributed by atoms with van der Waals surface area (Å²) >= 11 is 0. The summed E-state index contributed by atoms with van der Waals surface area (Å²) in [6.45, 7) is 10.2. The van der Waals surface area contributed by atoms with Crippen molar-refractivity contribution in [2.75, 3.05) is 6.61 Å². The van der Waals surface area contributed by atoms with Crippen LogP contribution in [0, 0.1) is 5.92 Å². The second-order valence-electron chi connectivity index (χ2n) is 5.02. The standard InChI is InChI=1S/C15H26O3/c1-6-8-9-18-15(17)14(13(16)7-2)12(5)10-11(3)4/h11H,6-10H2,1-5H3. The molecular weight excluding hydrogens is 228 g/mol. The molecule has 0 aliphatic carbocycles. The summed E-state index contributed by atoms with van der Waals surface area (Å²) in [5.74, 6) is -0.142. The first-order valence-corrected chi connectivity index (χ1v) is 6.84. The molecule has 0 heterocycles. The number of ketones is 1. The quantitative estimate of drug-likeness (QED) is 0.218. The van der Waals surface area contributed by atoms with E-state index in [1.54, 1.807) is 6.92 Å². The van der Waals surface area contributed by atoms with Crippen LogP contribution in [0.3, 0.4) is 0 Å². The lowest BCUT2D eigenvalue weighted by Crippen LogP contribution is -2.18. The van der Waals surface area contributed by atoms with Crippen LogP contribution in [0.4, 0.5) is 0 Å². The van der Waals surface area contributed by atoms with E-state index in [1.807, 2.05) is 13.8 Å². The number of allylic oxidation sites excluding steroid dienone is 1. The van der Waals surface area contributed by atoms with Gasteiger partial charge in [-0.3, -0.25) is 4.79 Å². The Morgan fingerprint density at radius 2 is 1.78 bits per heavy atom. The lowest BCUT2D eigenvalue weighted by molar-refractivity contribution is -0.140. The number of rotatable bonds is 8. The molecule has 0 aromatic rings. The molecule has 0 radical (unpaired) electrons. The molecule has 0 unspecified atom stereocenters. The molecule has 0 aromatic heterocycles. The van der Waals surface area contributed by atoms with Crippen LogP contribution in [0.1, 0.15) is 60.3 Å². The number of esters is 1. The molecule has 0 saturated carbocycles. The molecule has 3 heteroatoms. The van der Waals surface area contributed by atoms with Crippen molar-refractivity contribution in [2.45, 2.75) is 60.3 Å². The highest BCUT2D eigenvalue weighted by molar-refractivity contribution is 6.17. The van der Waals surface area contributed by atoms with Crippen molar-refractivity contribution in [3.8, 4) is 0 Å². The first-order chi connectivity index (χ1) is 8.43. The highest BCUT2D eigenvalue weighted by atomic mass is 16.5. The Labute approximate surface area is 111 Å². The SMILES string of the molecule is CCCCOC(=O)C(C(=O)CC)=C(C)CC(C)C. The predicted molar refractivity (Wildman–Crippen MR) is 73.3 cm³/mol. The minimum Gasteiger partial charge on any atom is -0.462 e. The van der Waals surface area contributed by atoms with E-state index in [4.69, 9.17) is 4.74 Å². The minimum atomic E-state index is -0.451. The second kappa shape index (κ2) is 8.90. The number of carbonyl (C=O) groups is 2. The minimum absolute atomic E-state index is 0.116. The molecular formula is C15H26O3. The van der Waals surface area contributed by atoms with E-state index >= 15 is 0 Å². The van der Waals surface area contributed by atoms with Gasteiger partial charge in [0.15, 0.2) is 5.78 Å². The third-order valence-corrected chi connectivity index (χ3v) is 2.68. The van der Waals surface area contributed by atoms with Crippen LogP contribution in [-0.4, -0.2) is 18.4 Å². The van der Waals surface area contributed by atoms with Crippen molar-refractivity contribution in [3.05, 3.63) is 11.1 Å². The highest BCUT2D eigenvalue weighted by Gasteiger charge is 2.21. The zero-order chi connectivity index (χ0) is 14.1. The summed E-state index contributed by atoms with van der Waals surface area (Å²) in [4.78, 5) is 23.8. The van der Waals surface area contributed by atoms with Crippen LogP contribution in [0.15, 0.2) is 11.1 Å². The Balaban J connectivity index is 4.88. The smallest absolute Gasteiger partial charge is 0.341 e. The van der Waals surface area contributed by atoms with E-state index < -0.39 is 5.97 Å². The summed E-state index contributed by atoms with van der Waals surface area (Å²) in [6.07, 6.45) is 2.90. The number of hydrogen-bond acceptors (Lipinski definition) is 3. The summed E-state index contributed by atoms with van der Waals surface area (Å²) in [7, 11) is 0. The molecule has 0 amide bonds. The van der Waals surface area contributed by atoms with Crippen LogP contribution >= 0.6 is 0 Å². The number of unbranched alkanes of at least 4 members (excludes halogenated alkanes) is 1. The van der Waals surface area contributed by atoms with E-state index in [1.165, 1.54) is 0 Å². The van der Waals surface area contributed by atoms with E-state index in [9.17, 15) is 9.59 Å². The topological polar surface area (TPSA) is 43.4 Å². The molecule has 18 heavy (non-hydrogen) atoms. The van der Waals surface area contributed by atoms with Gasteiger partial charge in [-0.05, 0) is 25.7 Å². The average Bonchev–Trinajstić information content (AvgIpc) is 2.28. The number of carbonyl (C=O) groups excluding carboxylic acids is 2. The molecule has 0 aliphatic rings. The van der Waals surface area contributed by atoms with Crippen molar-refractivity contribution < 1.29 is 14.3 Å². The Bertz CT molecular complexity index is 314. The van der Waals surface area contributed by atoms with Gasteiger partial charge in [0, 0.05) is 6.42 Å². The third-order valence-electron chi connectivity index (χ3n) is 2.68. The molecule has 0 saturated heterocycles. The lowest BCUT2D eigenvalue weighted by atomic mass is 9.96. The van der Waals surface area contributed by atoms with E-state index in [0.29, 0.717) is 18.9 Å². The van der Waals surface area contributed by atoms with Crippen LogP contribution in [0.2, 0.25) is 0 Å². The maximum atomic E-state index is 11.9. The third kappa shape index (κ3) is 5.99. The van der Waals surface area contributed by atoms with Crippen LogP contribution < -0.4 is 0 Å². The molecule has 0 spiro atoms. The molecule has 3 nitrogen and oxygen atoms in total. The number of Topliss-reactive ketones (excluding diaryl/α,β-unsaturated/α-hetero) is 1. The van der Waals surface area contributed by atoms with Crippen molar-refractivity contribution >= 4 is 11.8 Å². The molecule has 0 rings (SSSR count). The number of hydrogen-bond donors (Lipinski definition) is 0. The highest BCUT2D eigenvalue weighted by Crippen LogP contribution is 2.18. The van der Waals surface area contributed by atoms with E-state index in [0.717, 1.165) is 24.8 Å². The Hall–Kier alpha value is -1.12. The second-order valence-corrected chi connectivity index (χ2v) is 5.02. The van der Waals surface area contributed by atoms with Gasteiger partial charge in [-0.15, -0.1) is 0 Å². The molecule has 0 aliphatic heterocycles.